The van der Waals surface area contributed by atoms with E-state index in [0.717, 1.165) is 18.5 Å². The van der Waals surface area contributed by atoms with Gasteiger partial charge >= 0.3 is 0 Å². The molecule has 1 aromatic rings. The second-order valence-electron chi connectivity index (χ2n) is 5.49. The Kier molecular flexibility index (Phi) is 3.66. The Bertz CT molecular complexity index is 490. The summed E-state index contributed by atoms with van der Waals surface area (Å²) in [4.78, 5) is 14.0. The van der Waals surface area contributed by atoms with Crippen LogP contribution in [0.2, 0.25) is 0 Å². The van der Waals surface area contributed by atoms with Gasteiger partial charge in [0.2, 0.25) is 5.91 Å². The average molecular weight is 263 g/mol. The summed E-state index contributed by atoms with van der Waals surface area (Å²) < 4.78 is 0. The summed E-state index contributed by atoms with van der Waals surface area (Å²) in [6.45, 7) is 4.13. The van der Waals surface area contributed by atoms with Gasteiger partial charge in [-0.15, -0.1) is 0 Å². The van der Waals surface area contributed by atoms with Gasteiger partial charge in [-0.05, 0) is 38.1 Å². The van der Waals surface area contributed by atoms with Crippen LogP contribution in [-0.4, -0.2) is 36.1 Å². The third-order valence-electron chi connectivity index (χ3n) is 3.83. The van der Waals surface area contributed by atoms with Gasteiger partial charge in [0.05, 0.1) is 5.41 Å². The molecule has 1 heterocycles. The number of nitrogens with two attached hydrogens (primary N) is 1. The first-order valence-electron chi connectivity index (χ1n) is 6.46. The molecule has 1 aromatic carbocycles. The van der Waals surface area contributed by atoms with Gasteiger partial charge in [-0.3, -0.25) is 9.69 Å². The molecule has 1 atom stereocenters. The van der Waals surface area contributed by atoms with Crippen LogP contribution in [-0.2, 0) is 11.3 Å². The molecular weight excluding hydrogens is 242 g/mol. The Morgan fingerprint density at radius 1 is 1.58 bits per heavy atom. The van der Waals surface area contributed by atoms with Crippen molar-refractivity contribution in [1.29, 1.82) is 0 Å². The number of nitrogens with zero attached hydrogens (tertiary/aromatic N) is 1. The topological polar surface area (TPSA) is 78.6 Å². The zero-order valence-electron chi connectivity index (χ0n) is 11.4. The zero-order valence-corrected chi connectivity index (χ0v) is 11.4. The second-order valence-corrected chi connectivity index (χ2v) is 5.49. The molecule has 0 aliphatic carbocycles. The van der Waals surface area contributed by atoms with Crippen LogP contribution in [0, 0.1) is 5.41 Å². The fraction of sp³-hybridized carbons (Fsp3) is 0.500. The molecule has 0 radical (unpaired) electrons. The molecular formula is C14H21N3O2. The third-order valence-corrected chi connectivity index (χ3v) is 3.83. The summed E-state index contributed by atoms with van der Waals surface area (Å²) in [6.07, 6.45) is 0.829. The summed E-state index contributed by atoms with van der Waals surface area (Å²) in [5.41, 5.74) is 6.83. The highest BCUT2D eigenvalue weighted by Gasteiger charge is 2.39. The normalized spacial score (nSPS) is 23.5. The smallest absolute Gasteiger partial charge is 0.227 e. The van der Waals surface area contributed by atoms with Crippen LogP contribution in [0.3, 0.4) is 0 Å². The SMILES string of the molecule is CNC(=O)C1(C)CCN(Cc2cc(N)ccc2O)C1. The lowest BCUT2D eigenvalue weighted by Crippen LogP contribution is -2.39. The summed E-state index contributed by atoms with van der Waals surface area (Å²) in [7, 11) is 1.67. The van der Waals surface area contributed by atoms with E-state index in [9.17, 15) is 9.90 Å². The van der Waals surface area contributed by atoms with E-state index in [4.69, 9.17) is 5.73 Å². The number of benzene rings is 1. The summed E-state index contributed by atoms with van der Waals surface area (Å²) >= 11 is 0. The lowest BCUT2D eigenvalue weighted by Gasteiger charge is -2.23. The van der Waals surface area contributed by atoms with Crippen molar-refractivity contribution in [1.82, 2.24) is 10.2 Å². The number of nitrogens with one attached hydrogen (secondary N) is 1. The number of anilines is 1. The maximum atomic E-state index is 11.8. The minimum atomic E-state index is -0.343. The Hall–Kier alpha value is -1.75. The van der Waals surface area contributed by atoms with E-state index in [1.807, 2.05) is 6.92 Å². The number of likely N-dealkylation sites (tertiary alicyclic amines) is 1. The number of carbonyl (C=O) groups is 1. The molecule has 1 saturated heterocycles. The van der Waals surface area contributed by atoms with Crippen LogP contribution in [0.25, 0.3) is 0 Å². The fourth-order valence-corrected chi connectivity index (χ4v) is 2.65. The largest absolute Gasteiger partial charge is 0.508 e. The lowest BCUT2D eigenvalue weighted by atomic mass is 9.89. The van der Waals surface area contributed by atoms with Crippen LogP contribution in [0.15, 0.2) is 18.2 Å². The highest BCUT2D eigenvalue weighted by atomic mass is 16.3. The van der Waals surface area contributed by atoms with Gasteiger partial charge in [0.1, 0.15) is 5.75 Å². The van der Waals surface area contributed by atoms with Crippen molar-refractivity contribution in [3.05, 3.63) is 23.8 Å². The minimum absolute atomic E-state index is 0.0757. The molecule has 1 aliphatic rings. The van der Waals surface area contributed by atoms with E-state index in [1.165, 1.54) is 0 Å². The van der Waals surface area contributed by atoms with Gasteiger partial charge in [-0.25, -0.2) is 0 Å². The van der Waals surface area contributed by atoms with Crippen LogP contribution in [0.1, 0.15) is 18.9 Å². The molecule has 0 spiro atoms. The molecule has 2 rings (SSSR count). The van der Waals surface area contributed by atoms with Crippen molar-refractivity contribution >= 4 is 11.6 Å². The number of carbonyl (C=O) groups excluding carboxylic acids is 1. The van der Waals surface area contributed by atoms with Gasteiger partial charge in [0.25, 0.3) is 0 Å². The van der Waals surface area contributed by atoms with E-state index in [0.29, 0.717) is 18.8 Å². The first-order chi connectivity index (χ1) is 8.94. The number of rotatable bonds is 3. The van der Waals surface area contributed by atoms with Crippen LogP contribution >= 0.6 is 0 Å². The molecule has 104 valence electrons. The quantitative estimate of drug-likeness (QED) is 0.560. The van der Waals surface area contributed by atoms with Crippen molar-refractivity contribution in [2.75, 3.05) is 25.9 Å². The molecule has 1 fully saturated rings. The maximum Gasteiger partial charge on any atom is 0.227 e. The van der Waals surface area contributed by atoms with Crippen molar-refractivity contribution in [3.8, 4) is 5.75 Å². The van der Waals surface area contributed by atoms with Crippen molar-refractivity contribution in [2.45, 2.75) is 19.9 Å². The molecule has 5 heteroatoms. The van der Waals surface area contributed by atoms with E-state index in [2.05, 4.69) is 10.2 Å². The predicted octanol–water partition coefficient (Wildman–Crippen LogP) is 0.932. The number of aromatic hydroxyl groups is 1. The van der Waals surface area contributed by atoms with E-state index >= 15 is 0 Å². The first kappa shape index (κ1) is 13.7. The highest BCUT2D eigenvalue weighted by molar-refractivity contribution is 5.82. The Labute approximate surface area is 113 Å². The van der Waals surface area contributed by atoms with Gasteiger partial charge in [-0.2, -0.15) is 0 Å². The van der Waals surface area contributed by atoms with E-state index < -0.39 is 0 Å². The average Bonchev–Trinajstić information content (AvgIpc) is 2.76. The molecule has 19 heavy (non-hydrogen) atoms. The van der Waals surface area contributed by atoms with Crippen molar-refractivity contribution in [3.63, 3.8) is 0 Å². The summed E-state index contributed by atoms with van der Waals surface area (Å²) in [5.74, 6) is 0.328. The molecule has 1 aliphatic heterocycles. The number of hydrogen-bond donors (Lipinski definition) is 3. The highest BCUT2D eigenvalue weighted by Crippen LogP contribution is 2.32. The second kappa shape index (κ2) is 5.09. The lowest BCUT2D eigenvalue weighted by molar-refractivity contribution is -0.129. The van der Waals surface area contributed by atoms with Crippen LogP contribution < -0.4 is 11.1 Å². The Morgan fingerprint density at radius 3 is 3.00 bits per heavy atom. The zero-order chi connectivity index (χ0) is 14.0. The molecule has 1 unspecified atom stereocenters. The Balaban J connectivity index is 2.06. The molecule has 0 saturated carbocycles. The number of phenolic OH excluding ortho intramolecular Hbond substituents is 1. The number of amides is 1. The monoisotopic (exact) mass is 263 g/mol. The minimum Gasteiger partial charge on any atom is -0.508 e. The Morgan fingerprint density at radius 2 is 2.32 bits per heavy atom. The maximum absolute atomic E-state index is 11.8. The van der Waals surface area contributed by atoms with Crippen molar-refractivity contribution < 1.29 is 9.90 Å². The predicted molar refractivity (Wildman–Crippen MR) is 74.6 cm³/mol. The first-order valence-corrected chi connectivity index (χ1v) is 6.46. The number of hydrogen-bond acceptors (Lipinski definition) is 4. The molecule has 0 bridgehead atoms. The van der Waals surface area contributed by atoms with Crippen molar-refractivity contribution in [2.24, 2.45) is 5.41 Å². The molecule has 1 amide bonds. The standard InChI is InChI=1S/C14H21N3O2/c1-14(13(19)16-2)5-6-17(9-14)8-10-7-11(15)3-4-12(10)18/h3-4,7,18H,5-6,8-9,15H2,1-2H3,(H,16,19). The van der Waals surface area contributed by atoms with E-state index in [-0.39, 0.29) is 17.1 Å². The van der Waals surface area contributed by atoms with Crippen LogP contribution in [0.4, 0.5) is 5.69 Å². The fourth-order valence-electron chi connectivity index (χ4n) is 2.65. The van der Waals surface area contributed by atoms with Gasteiger partial charge in [0.15, 0.2) is 0 Å². The number of phenols is 1. The molecule has 5 nitrogen and oxygen atoms in total. The molecule has 4 N–H and O–H groups in total. The third kappa shape index (κ3) is 2.81. The summed E-state index contributed by atoms with van der Waals surface area (Å²) in [6, 6.07) is 5.07. The van der Waals surface area contributed by atoms with Crippen LogP contribution in [0.5, 0.6) is 5.75 Å². The molecule has 0 aromatic heterocycles. The van der Waals surface area contributed by atoms with Gasteiger partial charge in [0, 0.05) is 31.4 Å². The summed E-state index contributed by atoms with van der Waals surface area (Å²) in [5, 5.41) is 12.5. The van der Waals surface area contributed by atoms with Gasteiger partial charge in [-0.1, -0.05) is 0 Å². The number of nitrogen functional groups attached to an aromatic ring is 1. The van der Waals surface area contributed by atoms with E-state index in [1.54, 1.807) is 25.2 Å². The van der Waals surface area contributed by atoms with Gasteiger partial charge < -0.3 is 16.2 Å².